The lowest BCUT2D eigenvalue weighted by Crippen LogP contribution is -2.30. The summed E-state index contributed by atoms with van der Waals surface area (Å²) in [6, 6.07) is 27.7. The molecule has 0 radical (unpaired) electrons. The molecule has 0 saturated heterocycles. The van der Waals surface area contributed by atoms with Crippen molar-refractivity contribution in [3.05, 3.63) is 101 Å². The van der Waals surface area contributed by atoms with E-state index in [1.165, 1.54) is 9.87 Å². The van der Waals surface area contributed by atoms with Crippen LogP contribution in [-0.4, -0.2) is 36.5 Å². The van der Waals surface area contributed by atoms with Gasteiger partial charge in [0.05, 0.1) is 22.3 Å². The second-order valence-corrected chi connectivity index (χ2v) is 11.3. The molecule has 0 N–H and O–H groups in total. The third-order valence-electron chi connectivity index (χ3n) is 6.38. The highest BCUT2D eigenvalue weighted by atomic mass is 32.2. The normalized spacial score (nSPS) is 15.9. The highest BCUT2D eigenvalue weighted by Crippen LogP contribution is 2.39. The smallest absolute Gasteiger partial charge is 0.231 e. The lowest BCUT2D eigenvalue weighted by molar-refractivity contribution is 0.445. The molecular weight excluding hydrogens is 488 g/mol. The average molecular weight is 517 g/mol. The van der Waals surface area contributed by atoms with Crippen molar-refractivity contribution in [2.45, 2.75) is 31.2 Å². The molecule has 6 nitrogen and oxygen atoms in total. The van der Waals surface area contributed by atoms with Gasteiger partial charge in [-0.25, -0.2) is 18.4 Å². The van der Waals surface area contributed by atoms with Crippen molar-refractivity contribution < 1.29 is 8.42 Å². The summed E-state index contributed by atoms with van der Waals surface area (Å²) in [6.07, 6.45) is 0.793. The summed E-state index contributed by atoms with van der Waals surface area (Å²) in [7, 11) is -3.49. The molecule has 184 valence electrons. The Morgan fingerprint density at radius 3 is 2.17 bits per heavy atom. The van der Waals surface area contributed by atoms with Gasteiger partial charge in [0.1, 0.15) is 0 Å². The Kier molecular flexibility index (Phi) is 7.00. The second-order valence-electron chi connectivity index (χ2n) is 8.52. The average Bonchev–Trinajstić information content (AvgIpc) is 3.58. The van der Waals surface area contributed by atoms with Crippen LogP contribution in [0.5, 0.6) is 0 Å². The van der Waals surface area contributed by atoms with Gasteiger partial charge >= 0.3 is 0 Å². The van der Waals surface area contributed by atoms with E-state index in [1.54, 1.807) is 23.5 Å². The van der Waals surface area contributed by atoms with Crippen LogP contribution in [0.15, 0.2) is 100 Å². The van der Waals surface area contributed by atoms with E-state index >= 15 is 0 Å². The van der Waals surface area contributed by atoms with Crippen molar-refractivity contribution in [2.75, 3.05) is 18.1 Å². The summed E-state index contributed by atoms with van der Waals surface area (Å²) in [4.78, 5) is 5.20. The number of hydrogen-bond donors (Lipinski definition) is 0. The Morgan fingerprint density at radius 2 is 1.53 bits per heavy atom. The summed E-state index contributed by atoms with van der Waals surface area (Å²) in [6.45, 7) is 4.58. The first-order valence-corrected chi connectivity index (χ1v) is 14.4. The van der Waals surface area contributed by atoms with Crippen molar-refractivity contribution >= 4 is 32.2 Å². The van der Waals surface area contributed by atoms with Crippen LogP contribution in [0.4, 0.5) is 5.13 Å². The summed E-state index contributed by atoms with van der Waals surface area (Å²) >= 11 is 1.54. The topological polar surface area (TPSA) is 65.9 Å². The summed E-state index contributed by atoms with van der Waals surface area (Å²) < 4.78 is 27.1. The summed E-state index contributed by atoms with van der Waals surface area (Å²) in [5, 5.41) is 9.82. The number of aromatic nitrogens is 1. The van der Waals surface area contributed by atoms with Crippen molar-refractivity contribution in [1.29, 1.82) is 0 Å². The molecule has 0 unspecified atom stereocenters. The zero-order valence-corrected chi connectivity index (χ0v) is 21.9. The summed E-state index contributed by atoms with van der Waals surface area (Å²) in [5.41, 5.74) is 5.01. The molecule has 5 rings (SSSR count). The van der Waals surface area contributed by atoms with Gasteiger partial charge in [0.2, 0.25) is 15.2 Å². The monoisotopic (exact) mass is 516 g/mol. The van der Waals surface area contributed by atoms with E-state index in [2.05, 4.69) is 36.4 Å². The van der Waals surface area contributed by atoms with Gasteiger partial charge in [-0.3, -0.25) is 0 Å². The van der Waals surface area contributed by atoms with Crippen molar-refractivity contribution in [1.82, 2.24) is 9.29 Å². The fraction of sp³-hybridized carbons (Fsp3) is 0.214. The van der Waals surface area contributed by atoms with E-state index in [4.69, 9.17) is 10.1 Å². The van der Waals surface area contributed by atoms with Crippen LogP contribution in [-0.2, 0) is 10.0 Å². The Balaban J connectivity index is 1.45. The molecule has 3 aromatic carbocycles. The molecule has 0 aliphatic carbocycles. The Morgan fingerprint density at radius 1 is 0.889 bits per heavy atom. The largest absolute Gasteiger partial charge is 0.243 e. The quantitative estimate of drug-likeness (QED) is 0.280. The highest BCUT2D eigenvalue weighted by Gasteiger charge is 2.31. The lowest BCUT2D eigenvalue weighted by Gasteiger charge is -2.21. The van der Waals surface area contributed by atoms with E-state index < -0.39 is 10.0 Å². The van der Waals surface area contributed by atoms with E-state index in [1.807, 2.05) is 60.6 Å². The number of anilines is 1. The maximum absolute atomic E-state index is 12.8. The minimum Gasteiger partial charge on any atom is -0.231 e. The molecule has 1 atom stereocenters. The molecule has 4 aromatic rings. The van der Waals surface area contributed by atoms with Crippen LogP contribution in [0.25, 0.3) is 11.3 Å². The molecule has 0 amide bonds. The molecule has 1 aliphatic rings. The van der Waals surface area contributed by atoms with Gasteiger partial charge in [-0.2, -0.15) is 9.41 Å². The fourth-order valence-corrected chi connectivity index (χ4v) is 6.73. The number of thiazole rings is 1. The van der Waals surface area contributed by atoms with Crippen molar-refractivity contribution in [2.24, 2.45) is 5.10 Å². The Hall–Kier alpha value is -3.33. The van der Waals surface area contributed by atoms with Gasteiger partial charge in [-0.1, -0.05) is 86.6 Å². The lowest BCUT2D eigenvalue weighted by atomic mass is 9.99. The first-order valence-electron chi connectivity index (χ1n) is 12.0. The van der Waals surface area contributed by atoms with Gasteiger partial charge in [0.25, 0.3) is 0 Å². The molecule has 2 heterocycles. The van der Waals surface area contributed by atoms with Crippen LogP contribution < -0.4 is 5.01 Å². The van der Waals surface area contributed by atoms with Crippen LogP contribution >= 0.6 is 11.3 Å². The number of hydrazone groups is 1. The maximum Gasteiger partial charge on any atom is 0.243 e. The molecule has 1 aromatic heterocycles. The SMILES string of the molecule is CCN(CC)S(=O)(=O)c1ccc(-c2csc(N3N=C(c4ccccc4)C[C@@H]3c3ccccc3)n2)cc1. The third kappa shape index (κ3) is 4.72. The molecule has 0 fully saturated rings. The van der Waals surface area contributed by atoms with E-state index in [-0.39, 0.29) is 6.04 Å². The first kappa shape index (κ1) is 24.4. The first-order chi connectivity index (χ1) is 17.5. The van der Waals surface area contributed by atoms with Crippen LogP contribution in [0, 0.1) is 0 Å². The van der Waals surface area contributed by atoms with Gasteiger partial charge in [0, 0.05) is 30.5 Å². The molecular formula is C28H28N4O2S2. The molecule has 36 heavy (non-hydrogen) atoms. The van der Waals surface area contributed by atoms with E-state index in [0.717, 1.165) is 34.1 Å². The van der Waals surface area contributed by atoms with Crippen LogP contribution in [0.1, 0.15) is 37.4 Å². The molecule has 0 bridgehead atoms. The third-order valence-corrected chi connectivity index (χ3v) is 9.28. The van der Waals surface area contributed by atoms with E-state index in [9.17, 15) is 8.42 Å². The molecule has 0 spiro atoms. The summed E-state index contributed by atoms with van der Waals surface area (Å²) in [5.74, 6) is 0. The Labute approximate surface area is 216 Å². The fourth-order valence-electron chi connectivity index (χ4n) is 4.44. The minimum absolute atomic E-state index is 0.0574. The predicted octanol–water partition coefficient (Wildman–Crippen LogP) is 6.20. The van der Waals surface area contributed by atoms with Crippen LogP contribution in [0.3, 0.4) is 0 Å². The molecule has 1 aliphatic heterocycles. The number of benzene rings is 3. The number of hydrogen-bond acceptors (Lipinski definition) is 6. The highest BCUT2D eigenvalue weighted by molar-refractivity contribution is 7.89. The van der Waals surface area contributed by atoms with Crippen molar-refractivity contribution in [3.63, 3.8) is 0 Å². The standard InChI is InChI=1S/C28H28N4O2S2/c1-3-31(4-2)36(33,34)24-17-15-22(16-18-24)26-20-35-28(29-26)32-27(23-13-9-6-10-14-23)19-25(30-32)21-11-7-5-8-12-21/h5-18,20,27H,3-4,19H2,1-2H3/t27-/m1/s1. The van der Waals surface area contributed by atoms with Gasteiger partial charge < -0.3 is 0 Å². The number of sulfonamides is 1. The minimum atomic E-state index is -3.49. The molecule has 8 heteroatoms. The zero-order valence-electron chi connectivity index (χ0n) is 20.3. The Bertz CT molecular complexity index is 1450. The number of nitrogens with zero attached hydrogens (tertiary/aromatic N) is 4. The van der Waals surface area contributed by atoms with Gasteiger partial charge in [-0.05, 0) is 23.3 Å². The van der Waals surface area contributed by atoms with Crippen LogP contribution in [0.2, 0.25) is 0 Å². The molecule has 0 saturated carbocycles. The maximum atomic E-state index is 12.8. The van der Waals surface area contributed by atoms with Gasteiger partial charge in [0.15, 0.2) is 0 Å². The van der Waals surface area contributed by atoms with E-state index in [0.29, 0.717) is 18.0 Å². The van der Waals surface area contributed by atoms with Gasteiger partial charge in [-0.15, -0.1) is 11.3 Å². The number of rotatable bonds is 8. The van der Waals surface area contributed by atoms with Crippen molar-refractivity contribution in [3.8, 4) is 11.3 Å². The predicted molar refractivity (Wildman–Crippen MR) is 147 cm³/mol. The second kappa shape index (κ2) is 10.3. The zero-order chi connectivity index (χ0) is 25.1.